The van der Waals surface area contributed by atoms with Crippen LogP contribution in [0.5, 0.6) is 0 Å². The molecule has 0 bridgehead atoms. The van der Waals surface area contributed by atoms with E-state index in [4.69, 9.17) is 23.2 Å². The number of aromatic nitrogens is 2. The van der Waals surface area contributed by atoms with Crippen molar-refractivity contribution in [2.24, 2.45) is 11.8 Å². The molecule has 6 N–H and O–H groups in total. The minimum absolute atomic E-state index is 0.111. The molecular formula is C19H19ClN6O4. The molecule has 0 aliphatic carbocycles. The maximum atomic E-state index is 12.4. The lowest BCUT2D eigenvalue weighted by Crippen LogP contribution is -2.61. The van der Waals surface area contributed by atoms with E-state index in [0.29, 0.717) is 21.8 Å². The van der Waals surface area contributed by atoms with Crippen LogP contribution >= 0.6 is 11.6 Å². The normalized spacial score (nSPS) is 21.3. The van der Waals surface area contributed by atoms with Crippen LogP contribution in [0.15, 0.2) is 36.4 Å². The number of carboxylic acids is 1. The van der Waals surface area contributed by atoms with Gasteiger partial charge in [-0.25, -0.2) is 20.6 Å². The number of nitrogens with two attached hydrogens (primary N) is 2. The molecule has 2 aliphatic rings. The lowest BCUT2D eigenvalue weighted by molar-refractivity contribution is -0.161. The summed E-state index contributed by atoms with van der Waals surface area (Å²) in [6, 6.07) is 4.43. The van der Waals surface area contributed by atoms with Crippen molar-refractivity contribution in [1.29, 1.82) is 0 Å². The summed E-state index contributed by atoms with van der Waals surface area (Å²) in [6.07, 6.45) is 2.11. The van der Waals surface area contributed by atoms with Crippen molar-refractivity contribution in [2.75, 3.05) is 10.7 Å². The fraction of sp³-hybridized carbons (Fsp3) is 0.263. The van der Waals surface area contributed by atoms with Crippen molar-refractivity contribution in [3.63, 3.8) is 0 Å². The molecule has 0 saturated carbocycles. The predicted molar refractivity (Wildman–Crippen MR) is 109 cm³/mol. The molecule has 156 valence electrons. The van der Waals surface area contributed by atoms with Gasteiger partial charge in [-0.05, 0) is 42.7 Å². The van der Waals surface area contributed by atoms with Crippen molar-refractivity contribution < 1.29 is 19.8 Å². The quantitative estimate of drug-likeness (QED) is 0.309. The molecule has 2 aliphatic heterocycles. The third-order valence-corrected chi connectivity index (χ3v) is 5.61. The maximum absolute atomic E-state index is 12.4. The highest BCUT2D eigenvalue weighted by molar-refractivity contribution is 6.31. The van der Waals surface area contributed by atoms with Gasteiger partial charge in [0.15, 0.2) is 5.82 Å². The van der Waals surface area contributed by atoms with Gasteiger partial charge >= 0.3 is 5.97 Å². The molecule has 1 unspecified atom stereocenters. The number of carbonyl (C=O) groups excluding carboxylic acids is 1. The number of aliphatic hydroxyl groups is 1. The molecule has 1 fully saturated rings. The van der Waals surface area contributed by atoms with Crippen LogP contribution in [0.4, 0.5) is 17.2 Å². The van der Waals surface area contributed by atoms with Crippen LogP contribution in [0.25, 0.3) is 5.57 Å². The second-order valence-corrected chi connectivity index (χ2v) is 7.68. The Labute approximate surface area is 176 Å². The van der Waals surface area contributed by atoms with Gasteiger partial charge in [0, 0.05) is 5.02 Å². The summed E-state index contributed by atoms with van der Waals surface area (Å²) in [5.41, 5.74) is 7.40. The monoisotopic (exact) mass is 430 g/mol. The first-order valence-electron chi connectivity index (χ1n) is 9.09. The summed E-state index contributed by atoms with van der Waals surface area (Å²) in [5.74, 6) is 4.16. The smallest absolute Gasteiger partial charge is 0.352 e. The van der Waals surface area contributed by atoms with E-state index in [0.717, 1.165) is 0 Å². The summed E-state index contributed by atoms with van der Waals surface area (Å²) in [5, 5.41) is 21.2. The Kier molecular flexibility index (Phi) is 4.85. The van der Waals surface area contributed by atoms with E-state index in [1.807, 2.05) is 0 Å². The largest absolute Gasteiger partial charge is 0.477 e. The van der Waals surface area contributed by atoms with E-state index in [1.165, 1.54) is 29.4 Å². The van der Waals surface area contributed by atoms with Gasteiger partial charge < -0.3 is 20.8 Å². The number of hydrazine groups is 1. The second-order valence-electron chi connectivity index (χ2n) is 7.25. The highest BCUT2D eigenvalue weighted by Gasteiger charge is 2.56. The molecule has 10 nitrogen and oxygen atoms in total. The summed E-state index contributed by atoms with van der Waals surface area (Å²) in [7, 11) is 0. The van der Waals surface area contributed by atoms with Gasteiger partial charge in [0.1, 0.15) is 12.0 Å². The zero-order chi connectivity index (χ0) is 21.7. The van der Waals surface area contributed by atoms with E-state index in [2.05, 4.69) is 9.97 Å². The molecule has 4 rings (SSSR count). The summed E-state index contributed by atoms with van der Waals surface area (Å²) >= 11 is 6.29. The number of aliphatic hydroxyl groups excluding tert-OH is 1. The Bertz CT molecular complexity index is 1090. The SMILES string of the molecule is C[C@@H](O)[C@H]1C(=O)N2C(C(=O)O)=C(c3cc(Cl)cc(N(N)c4ncncc4N)c3)CC12. The molecular weight excluding hydrogens is 412 g/mol. The molecule has 1 saturated heterocycles. The average molecular weight is 431 g/mol. The van der Waals surface area contributed by atoms with Gasteiger partial charge in [-0.2, -0.15) is 0 Å². The minimum Gasteiger partial charge on any atom is -0.477 e. The van der Waals surface area contributed by atoms with Crippen molar-refractivity contribution >= 4 is 46.2 Å². The molecule has 0 spiro atoms. The van der Waals surface area contributed by atoms with Gasteiger partial charge in [-0.1, -0.05) is 11.6 Å². The van der Waals surface area contributed by atoms with Gasteiger partial charge in [0.05, 0.1) is 35.6 Å². The van der Waals surface area contributed by atoms with Crippen molar-refractivity contribution in [3.05, 3.63) is 47.0 Å². The van der Waals surface area contributed by atoms with Crippen LogP contribution in [-0.4, -0.2) is 49.1 Å². The van der Waals surface area contributed by atoms with E-state index in [9.17, 15) is 19.8 Å². The number of nitrogens with zero attached hydrogens (tertiary/aromatic N) is 4. The van der Waals surface area contributed by atoms with Gasteiger partial charge in [-0.15, -0.1) is 0 Å². The number of anilines is 3. The third-order valence-electron chi connectivity index (χ3n) is 5.39. The molecule has 2 aromatic rings. The highest BCUT2D eigenvalue weighted by Crippen LogP contribution is 2.47. The summed E-state index contributed by atoms with van der Waals surface area (Å²) < 4.78 is 0. The number of β-lactam (4-membered cyclic amide) rings is 1. The lowest BCUT2D eigenvalue weighted by atomic mass is 9.82. The molecule has 0 radical (unpaired) electrons. The molecule has 11 heteroatoms. The number of amides is 1. The van der Waals surface area contributed by atoms with Crippen molar-refractivity contribution in [2.45, 2.75) is 25.5 Å². The number of aliphatic carboxylic acids is 1. The fourth-order valence-electron chi connectivity index (χ4n) is 4.07. The number of carboxylic acid groups (broad SMARTS) is 1. The Hall–Kier alpha value is -3.21. The number of rotatable bonds is 5. The van der Waals surface area contributed by atoms with E-state index >= 15 is 0 Å². The molecule has 3 atom stereocenters. The zero-order valence-corrected chi connectivity index (χ0v) is 16.6. The molecule has 1 aromatic carbocycles. The lowest BCUT2D eigenvalue weighted by Gasteiger charge is -2.44. The molecule has 1 aromatic heterocycles. The minimum atomic E-state index is -1.23. The van der Waals surface area contributed by atoms with Gasteiger partial charge in [-0.3, -0.25) is 9.80 Å². The number of nitrogen functional groups attached to an aromatic ring is 1. The van der Waals surface area contributed by atoms with Crippen molar-refractivity contribution in [1.82, 2.24) is 14.9 Å². The topological polar surface area (TPSA) is 159 Å². The second kappa shape index (κ2) is 7.24. The van der Waals surface area contributed by atoms with Gasteiger partial charge in [0.2, 0.25) is 5.91 Å². The Balaban J connectivity index is 1.77. The molecule has 30 heavy (non-hydrogen) atoms. The van der Waals surface area contributed by atoms with Crippen LogP contribution in [0.2, 0.25) is 5.02 Å². The fourth-order valence-corrected chi connectivity index (χ4v) is 4.30. The number of fused-ring (bicyclic) bond motifs is 1. The van der Waals surface area contributed by atoms with Crippen LogP contribution in [-0.2, 0) is 9.59 Å². The standard InChI is InChI=1S/C19H19ClN6O4/c1-8(27)15-14-5-12(16(19(29)30)25(14)18(15)28)9-2-10(20)4-11(3-9)26(22)17-13(21)6-23-7-24-17/h2-4,6-8,14-15,27H,5,21-22H2,1H3,(H,29,30)/t8-,14?,15-/m1/s1. The van der Waals surface area contributed by atoms with Crippen LogP contribution in [0.3, 0.4) is 0 Å². The number of carbonyl (C=O) groups is 2. The number of hydrogen-bond donors (Lipinski definition) is 4. The van der Waals surface area contributed by atoms with Crippen LogP contribution in [0, 0.1) is 5.92 Å². The summed E-state index contributed by atoms with van der Waals surface area (Å²) in [6.45, 7) is 1.52. The van der Waals surface area contributed by atoms with Crippen LogP contribution in [0.1, 0.15) is 18.9 Å². The van der Waals surface area contributed by atoms with Gasteiger partial charge in [0.25, 0.3) is 0 Å². The third kappa shape index (κ3) is 3.05. The number of hydrogen-bond acceptors (Lipinski definition) is 8. The number of benzene rings is 1. The molecule has 3 heterocycles. The predicted octanol–water partition coefficient (Wildman–Crippen LogP) is 1.13. The first-order chi connectivity index (χ1) is 14.2. The first-order valence-corrected chi connectivity index (χ1v) is 9.47. The van der Waals surface area contributed by atoms with Crippen LogP contribution < -0.4 is 16.6 Å². The average Bonchev–Trinajstić information content (AvgIpc) is 3.02. The van der Waals surface area contributed by atoms with E-state index in [1.54, 1.807) is 18.2 Å². The first kappa shape index (κ1) is 20.1. The van der Waals surface area contributed by atoms with E-state index < -0.39 is 29.9 Å². The zero-order valence-electron chi connectivity index (χ0n) is 15.9. The number of halogens is 1. The van der Waals surface area contributed by atoms with E-state index in [-0.39, 0.29) is 23.6 Å². The Morgan fingerprint density at radius 3 is 2.77 bits per heavy atom. The summed E-state index contributed by atoms with van der Waals surface area (Å²) in [4.78, 5) is 33.5. The molecule has 1 amide bonds. The highest BCUT2D eigenvalue weighted by atomic mass is 35.5. The Morgan fingerprint density at radius 2 is 2.13 bits per heavy atom. The maximum Gasteiger partial charge on any atom is 0.352 e. The van der Waals surface area contributed by atoms with Crippen molar-refractivity contribution in [3.8, 4) is 0 Å². The Morgan fingerprint density at radius 1 is 1.40 bits per heavy atom.